The van der Waals surface area contributed by atoms with E-state index in [0.717, 1.165) is 27.9 Å². The summed E-state index contributed by atoms with van der Waals surface area (Å²) in [6.07, 6.45) is 1.33. The van der Waals surface area contributed by atoms with Gasteiger partial charge in [-0.2, -0.15) is 0 Å². The van der Waals surface area contributed by atoms with Gasteiger partial charge in [-0.3, -0.25) is 9.78 Å². The van der Waals surface area contributed by atoms with Gasteiger partial charge >= 0.3 is 0 Å². The van der Waals surface area contributed by atoms with Crippen LogP contribution in [0.2, 0.25) is 0 Å². The molecular formula is C28H34IrNO3-. The molecule has 33 heavy (non-hydrogen) atoms. The third-order valence-electron chi connectivity index (χ3n) is 4.99. The maximum atomic E-state index is 11.5. The van der Waals surface area contributed by atoms with Gasteiger partial charge in [0.25, 0.3) is 0 Å². The molecule has 0 unspecified atom stereocenters. The van der Waals surface area contributed by atoms with Crippen molar-refractivity contribution in [3.63, 3.8) is 0 Å². The zero-order valence-corrected chi connectivity index (χ0v) is 23.1. The third-order valence-corrected chi connectivity index (χ3v) is 4.99. The van der Waals surface area contributed by atoms with Gasteiger partial charge < -0.3 is 9.84 Å². The van der Waals surface area contributed by atoms with Crippen molar-refractivity contribution in [2.24, 2.45) is 10.8 Å². The Morgan fingerprint density at radius 1 is 1.03 bits per heavy atom. The Morgan fingerprint density at radius 2 is 1.70 bits per heavy atom. The molecule has 1 N–H and O–H groups in total. The molecule has 0 aliphatic carbocycles. The molecule has 5 heteroatoms. The molecule has 3 rings (SSSR count). The van der Waals surface area contributed by atoms with Crippen LogP contribution in [-0.4, -0.2) is 23.0 Å². The van der Waals surface area contributed by atoms with E-state index in [1.54, 1.807) is 7.11 Å². The van der Waals surface area contributed by atoms with E-state index in [9.17, 15) is 9.90 Å². The fraction of sp³-hybridized carbons (Fsp3) is 0.357. The van der Waals surface area contributed by atoms with E-state index < -0.39 is 5.41 Å². The van der Waals surface area contributed by atoms with Gasteiger partial charge in [-0.05, 0) is 23.9 Å². The molecule has 1 heterocycles. The van der Waals surface area contributed by atoms with Gasteiger partial charge in [0.05, 0.1) is 12.6 Å². The molecule has 179 valence electrons. The number of allylic oxidation sites excluding steroid dienone is 2. The normalized spacial score (nSPS) is 11.8. The number of aryl methyl sites for hydroxylation is 1. The van der Waals surface area contributed by atoms with Crippen molar-refractivity contribution < 1.29 is 34.7 Å². The van der Waals surface area contributed by atoms with Gasteiger partial charge in [-0.25, -0.2) is 0 Å². The van der Waals surface area contributed by atoms with Crippen LogP contribution >= 0.6 is 0 Å². The Morgan fingerprint density at radius 3 is 2.24 bits per heavy atom. The van der Waals surface area contributed by atoms with Crippen LogP contribution < -0.4 is 4.74 Å². The number of hydrogen-bond acceptors (Lipinski definition) is 4. The molecule has 0 bridgehead atoms. The number of ether oxygens (including phenoxy) is 1. The first kappa shape index (κ1) is 28.5. The summed E-state index contributed by atoms with van der Waals surface area (Å²) in [6.45, 7) is 13.2. The smallest absolute Gasteiger partial charge is 0.164 e. The summed E-state index contributed by atoms with van der Waals surface area (Å²) < 4.78 is 5.22. The molecule has 0 spiro atoms. The van der Waals surface area contributed by atoms with Gasteiger partial charge in [0, 0.05) is 42.4 Å². The van der Waals surface area contributed by atoms with Crippen LogP contribution in [0.25, 0.3) is 22.2 Å². The summed E-state index contributed by atoms with van der Waals surface area (Å²) in [4.78, 5) is 16.2. The SMILES string of the molecule is CC(C)(C)C(=O)/C=C(\O)C(C)(C)C.COc1ccc2nc(-c3[c-]cccc3C)ccc2c1.[Ir]. The molecule has 0 saturated heterocycles. The maximum absolute atomic E-state index is 11.5. The quantitative estimate of drug-likeness (QED) is 0.192. The zero-order valence-electron chi connectivity index (χ0n) is 20.7. The monoisotopic (exact) mass is 625 g/mol. The van der Waals surface area contributed by atoms with Crippen molar-refractivity contribution in [1.29, 1.82) is 0 Å². The molecule has 0 aliphatic rings. The van der Waals surface area contributed by atoms with Crippen molar-refractivity contribution in [3.8, 4) is 17.0 Å². The Bertz CT molecular complexity index is 1120. The van der Waals surface area contributed by atoms with E-state index in [2.05, 4.69) is 25.1 Å². The van der Waals surface area contributed by atoms with Crippen LogP contribution in [0, 0.1) is 23.8 Å². The van der Waals surface area contributed by atoms with Crippen LogP contribution in [0.4, 0.5) is 0 Å². The van der Waals surface area contributed by atoms with E-state index in [1.165, 1.54) is 11.6 Å². The van der Waals surface area contributed by atoms with Crippen LogP contribution in [0.15, 0.2) is 60.4 Å². The number of aliphatic hydroxyl groups excluding tert-OH is 1. The summed E-state index contributed by atoms with van der Waals surface area (Å²) in [6, 6.07) is 19.2. The van der Waals surface area contributed by atoms with Gasteiger partial charge in [-0.15, -0.1) is 35.4 Å². The van der Waals surface area contributed by atoms with Crippen LogP contribution in [-0.2, 0) is 24.9 Å². The predicted octanol–water partition coefficient (Wildman–Crippen LogP) is 7.11. The van der Waals surface area contributed by atoms with E-state index in [-0.39, 0.29) is 37.1 Å². The van der Waals surface area contributed by atoms with Crippen molar-refractivity contribution in [1.82, 2.24) is 4.98 Å². The van der Waals surface area contributed by atoms with Gasteiger partial charge in [0.15, 0.2) is 5.78 Å². The molecule has 1 aromatic heterocycles. The number of benzene rings is 2. The van der Waals surface area contributed by atoms with Crippen molar-refractivity contribution >= 4 is 16.7 Å². The predicted molar refractivity (Wildman–Crippen MR) is 132 cm³/mol. The molecule has 1 radical (unpaired) electrons. The molecule has 0 amide bonds. The minimum atomic E-state index is -0.417. The van der Waals surface area contributed by atoms with Crippen molar-refractivity contribution in [3.05, 3.63) is 72.0 Å². The summed E-state index contributed by atoms with van der Waals surface area (Å²) in [5, 5.41) is 10.6. The number of methoxy groups -OCH3 is 1. The standard InChI is InChI=1S/C17H14NO.C11H20O2.Ir/c1-12-5-3-4-6-15(12)17-9-7-13-11-14(19-2)8-10-16(13)18-17;1-10(2,3)8(12)7-9(13)11(4,5)6;/h3-5,7-11H,1-2H3;7,12H,1-6H3;/q-1;;/b;8-7-;. The fourth-order valence-corrected chi connectivity index (χ4v) is 2.72. The molecule has 2 aromatic carbocycles. The summed E-state index contributed by atoms with van der Waals surface area (Å²) in [5.74, 6) is 0.955. The average Bonchev–Trinajstić information content (AvgIpc) is 2.72. The van der Waals surface area contributed by atoms with Gasteiger partial charge in [0.2, 0.25) is 0 Å². The Kier molecular flexibility index (Phi) is 10.0. The molecule has 3 aromatic rings. The summed E-state index contributed by atoms with van der Waals surface area (Å²) in [7, 11) is 1.67. The molecular weight excluding hydrogens is 591 g/mol. The Balaban J connectivity index is 0.000000346. The number of aliphatic hydroxyl groups is 1. The molecule has 0 aliphatic heterocycles. The molecule has 0 fully saturated rings. The number of nitrogens with zero attached hydrogens (tertiary/aromatic N) is 1. The largest absolute Gasteiger partial charge is 0.512 e. The summed E-state index contributed by atoms with van der Waals surface area (Å²) in [5.41, 5.74) is 3.40. The first-order valence-corrected chi connectivity index (χ1v) is 10.7. The number of ketones is 1. The number of hydrogen-bond donors (Lipinski definition) is 1. The van der Waals surface area contributed by atoms with Gasteiger partial charge in [-0.1, -0.05) is 60.6 Å². The first-order valence-electron chi connectivity index (χ1n) is 10.7. The zero-order chi connectivity index (χ0) is 24.1. The minimum Gasteiger partial charge on any atom is -0.512 e. The van der Waals surface area contributed by atoms with E-state index in [1.807, 2.05) is 77.9 Å². The Hall–Kier alpha value is -2.49. The number of pyridine rings is 1. The van der Waals surface area contributed by atoms with Gasteiger partial charge in [0.1, 0.15) is 11.5 Å². The molecule has 0 atom stereocenters. The average molecular weight is 625 g/mol. The Labute approximate surface area is 211 Å². The van der Waals surface area contributed by atoms with E-state index in [0.29, 0.717) is 0 Å². The van der Waals surface area contributed by atoms with E-state index in [4.69, 9.17) is 9.72 Å². The topological polar surface area (TPSA) is 59.4 Å². The second-order valence-electron chi connectivity index (χ2n) is 9.88. The van der Waals surface area contributed by atoms with E-state index >= 15 is 0 Å². The minimum absolute atomic E-state index is 0. The van der Waals surface area contributed by atoms with Crippen molar-refractivity contribution in [2.45, 2.75) is 48.5 Å². The number of carbonyl (C=O) groups excluding carboxylic acids is 1. The second kappa shape index (κ2) is 11.6. The number of rotatable bonds is 3. The second-order valence-corrected chi connectivity index (χ2v) is 9.88. The van der Waals surface area contributed by atoms with Crippen LogP contribution in [0.3, 0.4) is 0 Å². The number of fused-ring (bicyclic) bond motifs is 1. The van der Waals surface area contributed by atoms with Crippen LogP contribution in [0.5, 0.6) is 5.75 Å². The molecule has 0 saturated carbocycles. The fourth-order valence-electron chi connectivity index (χ4n) is 2.72. The van der Waals surface area contributed by atoms with Crippen LogP contribution in [0.1, 0.15) is 47.1 Å². The maximum Gasteiger partial charge on any atom is 0.164 e. The first-order chi connectivity index (χ1) is 14.8. The number of aromatic nitrogens is 1. The third kappa shape index (κ3) is 8.10. The molecule has 4 nitrogen and oxygen atoms in total. The number of carbonyl (C=O) groups is 1. The summed E-state index contributed by atoms with van der Waals surface area (Å²) >= 11 is 0. The van der Waals surface area contributed by atoms with Crippen molar-refractivity contribution in [2.75, 3.05) is 7.11 Å².